The normalized spacial score (nSPS) is 10.7. The van der Waals surface area contributed by atoms with Crippen molar-refractivity contribution in [2.24, 2.45) is 0 Å². The van der Waals surface area contributed by atoms with Gasteiger partial charge in [0.05, 0.1) is 0 Å². The van der Waals surface area contributed by atoms with Gasteiger partial charge >= 0.3 is 0 Å². The van der Waals surface area contributed by atoms with Crippen molar-refractivity contribution in [2.45, 2.75) is 33.7 Å². The van der Waals surface area contributed by atoms with Gasteiger partial charge in [0.15, 0.2) is 0 Å². The van der Waals surface area contributed by atoms with E-state index in [4.69, 9.17) is 0 Å². The van der Waals surface area contributed by atoms with Crippen LogP contribution < -0.4 is 0 Å². The number of hydrogen-bond donors (Lipinski definition) is 0. The molecular weight excluding hydrogens is 278 g/mol. The summed E-state index contributed by atoms with van der Waals surface area (Å²) in [4.78, 5) is 14.3. The van der Waals surface area contributed by atoms with Crippen LogP contribution in [0.3, 0.4) is 0 Å². The van der Waals surface area contributed by atoms with Crippen molar-refractivity contribution in [2.75, 3.05) is 11.9 Å². The molecule has 17 heavy (non-hydrogen) atoms. The van der Waals surface area contributed by atoms with Gasteiger partial charge in [-0.25, -0.2) is 0 Å². The predicted octanol–water partition coefficient (Wildman–Crippen LogP) is 3.55. The molecule has 0 heterocycles. The lowest BCUT2D eigenvalue weighted by atomic mass is 10.1. The molecular formula is C14H20BrNO. The molecule has 0 aliphatic heterocycles. The van der Waals surface area contributed by atoms with Crippen molar-refractivity contribution in [3.8, 4) is 0 Å². The van der Waals surface area contributed by atoms with E-state index in [1.54, 1.807) is 0 Å². The number of carbonyl (C=O) groups is 1. The molecule has 0 spiro atoms. The summed E-state index contributed by atoms with van der Waals surface area (Å²) in [5.74, 6) is 0.117. The highest BCUT2D eigenvalue weighted by Crippen LogP contribution is 2.13. The maximum Gasteiger partial charge on any atom is 0.254 e. The Morgan fingerprint density at radius 2 is 1.76 bits per heavy atom. The Morgan fingerprint density at radius 3 is 2.18 bits per heavy atom. The van der Waals surface area contributed by atoms with Crippen LogP contribution in [0.1, 0.15) is 35.3 Å². The van der Waals surface area contributed by atoms with E-state index in [2.05, 4.69) is 22.0 Å². The number of alkyl halides is 1. The van der Waals surface area contributed by atoms with Gasteiger partial charge in [-0.3, -0.25) is 4.79 Å². The molecule has 0 atom stereocenters. The van der Waals surface area contributed by atoms with E-state index >= 15 is 0 Å². The van der Waals surface area contributed by atoms with Gasteiger partial charge in [-0.05, 0) is 39.8 Å². The van der Waals surface area contributed by atoms with E-state index in [1.165, 1.54) is 0 Å². The summed E-state index contributed by atoms with van der Waals surface area (Å²) in [6.45, 7) is 8.87. The fourth-order valence-corrected chi connectivity index (χ4v) is 2.33. The second-order valence-corrected chi connectivity index (χ2v) is 5.45. The number of halogens is 1. The van der Waals surface area contributed by atoms with E-state index in [0.29, 0.717) is 0 Å². The van der Waals surface area contributed by atoms with Gasteiger partial charge in [-0.2, -0.15) is 0 Å². The fraction of sp³-hybridized carbons (Fsp3) is 0.500. The van der Waals surface area contributed by atoms with Crippen molar-refractivity contribution >= 4 is 21.8 Å². The van der Waals surface area contributed by atoms with Crippen molar-refractivity contribution in [3.05, 3.63) is 34.9 Å². The summed E-state index contributed by atoms with van der Waals surface area (Å²) in [5.41, 5.74) is 3.06. The highest BCUT2D eigenvalue weighted by Gasteiger charge is 2.18. The van der Waals surface area contributed by atoms with E-state index in [9.17, 15) is 4.79 Å². The molecule has 0 aliphatic rings. The Morgan fingerprint density at radius 1 is 1.24 bits per heavy atom. The molecule has 1 aromatic carbocycles. The molecule has 0 fully saturated rings. The summed E-state index contributed by atoms with van der Waals surface area (Å²) in [5, 5.41) is 0.807. The molecule has 1 amide bonds. The minimum Gasteiger partial charge on any atom is -0.335 e. The van der Waals surface area contributed by atoms with E-state index in [1.807, 2.05) is 44.7 Å². The lowest BCUT2D eigenvalue weighted by Gasteiger charge is -2.26. The van der Waals surface area contributed by atoms with E-state index in [-0.39, 0.29) is 11.9 Å². The predicted molar refractivity (Wildman–Crippen MR) is 75.9 cm³/mol. The van der Waals surface area contributed by atoms with Gasteiger partial charge < -0.3 is 4.90 Å². The van der Waals surface area contributed by atoms with Gasteiger partial charge in [0.2, 0.25) is 0 Å². The quantitative estimate of drug-likeness (QED) is 0.778. The summed E-state index contributed by atoms with van der Waals surface area (Å²) >= 11 is 3.39. The molecule has 0 unspecified atom stereocenters. The van der Waals surface area contributed by atoms with Gasteiger partial charge in [0, 0.05) is 23.5 Å². The number of benzene rings is 1. The molecule has 1 aromatic rings. The van der Waals surface area contributed by atoms with Crippen molar-refractivity contribution in [3.63, 3.8) is 0 Å². The fourth-order valence-electron chi connectivity index (χ4n) is 1.95. The average Bonchev–Trinajstić information content (AvgIpc) is 2.23. The van der Waals surface area contributed by atoms with Gasteiger partial charge in [-0.1, -0.05) is 33.1 Å². The number of nitrogens with zero attached hydrogens (tertiary/aromatic N) is 1. The first-order chi connectivity index (χ1) is 7.95. The number of amides is 1. The average molecular weight is 298 g/mol. The maximum absolute atomic E-state index is 12.4. The highest BCUT2D eigenvalue weighted by molar-refractivity contribution is 9.09. The third-order valence-corrected chi connectivity index (χ3v) is 3.03. The van der Waals surface area contributed by atoms with Crippen LogP contribution in [0.2, 0.25) is 0 Å². The van der Waals surface area contributed by atoms with E-state index < -0.39 is 0 Å². The van der Waals surface area contributed by atoms with Crippen LogP contribution in [-0.4, -0.2) is 28.7 Å². The van der Waals surface area contributed by atoms with Gasteiger partial charge in [0.1, 0.15) is 0 Å². The first kappa shape index (κ1) is 14.2. The molecule has 0 aromatic heterocycles. The molecule has 0 saturated heterocycles. The van der Waals surface area contributed by atoms with Crippen LogP contribution >= 0.6 is 15.9 Å². The van der Waals surface area contributed by atoms with Crippen LogP contribution in [0.5, 0.6) is 0 Å². The molecule has 0 aliphatic carbocycles. The lowest BCUT2D eigenvalue weighted by Crippen LogP contribution is -2.38. The molecule has 2 nitrogen and oxygen atoms in total. The van der Waals surface area contributed by atoms with Gasteiger partial charge in [0.25, 0.3) is 5.91 Å². The van der Waals surface area contributed by atoms with E-state index in [0.717, 1.165) is 28.6 Å². The van der Waals surface area contributed by atoms with Crippen LogP contribution in [0.25, 0.3) is 0 Å². The zero-order valence-corrected chi connectivity index (χ0v) is 12.5. The Bertz CT molecular complexity index is 381. The number of hydrogen-bond acceptors (Lipinski definition) is 1. The number of carbonyl (C=O) groups excluding carboxylic acids is 1. The maximum atomic E-state index is 12.4. The smallest absolute Gasteiger partial charge is 0.254 e. The van der Waals surface area contributed by atoms with Crippen LogP contribution in [0.4, 0.5) is 0 Å². The zero-order valence-electron chi connectivity index (χ0n) is 11.0. The Labute approximate surface area is 112 Å². The van der Waals surface area contributed by atoms with Crippen LogP contribution in [-0.2, 0) is 0 Å². The van der Waals surface area contributed by atoms with Crippen LogP contribution in [0.15, 0.2) is 18.2 Å². The molecule has 0 saturated carbocycles. The SMILES string of the molecule is Cc1cc(C)cc(C(=O)N(CCBr)C(C)C)c1. The molecule has 0 radical (unpaired) electrons. The molecule has 3 heteroatoms. The van der Waals surface area contributed by atoms with Crippen molar-refractivity contribution in [1.29, 1.82) is 0 Å². The monoisotopic (exact) mass is 297 g/mol. The molecule has 1 rings (SSSR count). The Balaban J connectivity index is 3.00. The third kappa shape index (κ3) is 3.84. The van der Waals surface area contributed by atoms with Gasteiger partial charge in [-0.15, -0.1) is 0 Å². The summed E-state index contributed by atoms with van der Waals surface area (Å²) in [6, 6.07) is 6.22. The molecule has 0 N–H and O–H groups in total. The zero-order chi connectivity index (χ0) is 13.0. The summed E-state index contributed by atoms with van der Waals surface area (Å²) < 4.78 is 0. The summed E-state index contributed by atoms with van der Waals surface area (Å²) in [7, 11) is 0. The standard InChI is InChI=1S/C14H20BrNO/c1-10(2)16(6-5-15)14(17)13-8-11(3)7-12(4)9-13/h7-10H,5-6H2,1-4H3. The topological polar surface area (TPSA) is 20.3 Å². The second-order valence-electron chi connectivity index (χ2n) is 4.66. The Hall–Kier alpha value is -0.830. The highest BCUT2D eigenvalue weighted by atomic mass is 79.9. The Kier molecular flexibility index (Phi) is 5.19. The van der Waals surface area contributed by atoms with Crippen molar-refractivity contribution < 1.29 is 4.79 Å². The summed E-state index contributed by atoms with van der Waals surface area (Å²) in [6.07, 6.45) is 0. The second kappa shape index (κ2) is 6.20. The first-order valence-corrected chi connectivity index (χ1v) is 7.03. The first-order valence-electron chi connectivity index (χ1n) is 5.91. The molecule has 94 valence electrons. The number of rotatable bonds is 4. The largest absolute Gasteiger partial charge is 0.335 e. The third-order valence-electron chi connectivity index (χ3n) is 2.68. The van der Waals surface area contributed by atoms with Crippen molar-refractivity contribution in [1.82, 2.24) is 4.90 Å². The van der Waals surface area contributed by atoms with Crippen LogP contribution in [0, 0.1) is 13.8 Å². The number of aryl methyl sites for hydroxylation is 2. The minimum atomic E-state index is 0.117. The minimum absolute atomic E-state index is 0.117. The lowest BCUT2D eigenvalue weighted by molar-refractivity contribution is 0.0719. The molecule has 0 bridgehead atoms.